The van der Waals surface area contributed by atoms with Gasteiger partial charge in [0.05, 0.1) is 5.69 Å². The van der Waals surface area contributed by atoms with Gasteiger partial charge in [-0.25, -0.2) is 9.97 Å². The Bertz CT molecular complexity index is 618. The van der Waals surface area contributed by atoms with E-state index in [1.807, 2.05) is 36.4 Å². The molecule has 0 amide bonds. The number of nitrogens with zero attached hydrogens (tertiary/aromatic N) is 2. The number of fused-ring (bicyclic) bond motifs is 1. The second-order valence-electron chi connectivity index (χ2n) is 3.61. The molecule has 3 rings (SSSR count). The van der Waals surface area contributed by atoms with Gasteiger partial charge in [-0.2, -0.15) is 0 Å². The van der Waals surface area contributed by atoms with Crippen molar-refractivity contribution in [2.75, 3.05) is 0 Å². The highest BCUT2D eigenvalue weighted by Gasteiger charge is 2.00. The molecule has 0 bridgehead atoms. The van der Waals surface area contributed by atoms with E-state index in [-0.39, 0.29) is 0 Å². The van der Waals surface area contributed by atoms with Gasteiger partial charge < -0.3 is 0 Å². The molecule has 0 aliphatic heterocycles. The lowest BCUT2D eigenvalue weighted by atomic mass is 10.1. The number of hydrogen-bond donors (Lipinski definition) is 0. The van der Waals surface area contributed by atoms with Crippen molar-refractivity contribution in [3.63, 3.8) is 0 Å². The fourth-order valence-corrected chi connectivity index (χ4v) is 1.72. The zero-order valence-corrected chi connectivity index (χ0v) is 8.67. The molecule has 1 aromatic carbocycles. The van der Waals surface area contributed by atoms with Gasteiger partial charge in [0, 0.05) is 17.1 Å². The smallest absolute Gasteiger partial charge is 0.159 e. The predicted molar refractivity (Wildman–Crippen MR) is 65.0 cm³/mol. The number of benzene rings is 1. The van der Waals surface area contributed by atoms with Crippen LogP contribution in [0.25, 0.3) is 22.3 Å². The van der Waals surface area contributed by atoms with E-state index in [0.29, 0.717) is 0 Å². The number of hydrogen-bond acceptors (Lipinski definition) is 2. The van der Waals surface area contributed by atoms with Gasteiger partial charge in [-0.05, 0) is 24.3 Å². The van der Waals surface area contributed by atoms with E-state index in [1.165, 1.54) is 0 Å². The Morgan fingerprint density at radius 3 is 2.50 bits per heavy atom. The summed E-state index contributed by atoms with van der Waals surface area (Å²) in [5.74, 6) is 0. The van der Waals surface area contributed by atoms with E-state index in [0.717, 1.165) is 22.3 Å². The van der Waals surface area contributed by atoms with Crippen molar-refractivity contribution in [1.82, 2.24) is 9.97 Å². The SMILES string of the molecule is c1ccc(-c2ccc3cccnc3n2)cc1. The third kappa shape index (κ3) is 1.54. The first-order valence-electron chi connectivity index (χ1n) is 5.21. The molecule has 3 aromatic rings. The molecular weight excluding hydrogens is 196 g/mol. The maximum absolute atomic E-state index is 4.53. The summed E-state index contributed by atoms with van der Waals surface area (Å²) in [6, 6.07) is 18.2. The van der Waals surface area contributed by atoms with Gasteiger partial charge >= 0.3 is 0 Å². The van der Waals surface area contributed by atoms with Gasteiger partial charge in [-0.1, -0.05) is 30.3 Å². The Morgan fingerprint density at radius 1 is 0.750 bits per heavy atom. The summed E-state index contributed by atoms with van der Waals surface area (Å²) < 4.78 is 0. The van der Waals surface area contributed by atoms with Crippen molar-refractivity contribution >= 4 is 11.0 Å². The normalized spacial score (nSPS) is 10.5. The van der Waals surface area contributed by atoms with Crippen LogP contribution >= 0.6 is 0 Å². The Labute approximate surface area is 93.6 Å². The highest BCUT2D eigenvalue weighted by Crippen LogP contribution is 2.19. The third-order valence-corrected chi connectivity index (χ3v) is 2.53. The molecule has 0 radical (unpaired) electrons. The summed E-state index contributed by atoms with van der Waals surface area (Å²) in [5.41, 5.74) is 2.88. The van der Waals surface area contributed by atoms with E-state index < -0.39 is 0 Å². The van der Waals surface area contributed by atoms with E-state index in [4.69, 9.17) is 0 Å². The largest absolute Gasteiger partial charge is 0.237 e. The number of aromatic nitrogens is 2. The fourth-order valence-electron chi connectivity index (χ4n) is 1.72. The molecule has 0 atom stereocenters. The Balaban J connectivity index is 2.19. The van der Waals surface area contributed by atoms with Crippen LogP contribution in [-0.4, -0.2) is 9.97 Å². The maximum Gasteiger partial charge on any atom is 0.159 e. The van der Waals surface area contributed by atoms with Crippen LogP contribution in [0.2, 0.25) is 0 Å². The average Bonchev–Trinajstić information content (AvgIpc) is 2.39. The molecule has 2 heteroatoms. The van der Waals surface area contributed by atoms with E-state index in [9.17, 15) is 0 Å². The van der Waals surface area contributed by atoms with Gasteiger partial charge in [-0.3, -0.25) is 0 Å². The Hall–Kier alpha value is -2.22. The minimum absolute atomic E-state index is 0.795. The lowest BCUT2D eigenvalue weighted by Crippen LogP contribution is -1.86. The zero-order chi connectivity index (χ0) is 10.8. The number of rotatable bonds is 1. The second kappa shape index (κ2) is 3.74. The summed E-state index contributed by atoms with van der Waals surface area (Å²) in [6.45, 7) is 0. The van der Waals surface area contributed by atoms with Crippen LogP contribution in [0.3, 0.4) is 0 Å². The monoisotopic (exact) mass is 206 g/mol. The standard InChI is InChI=1S/C14H10N2/c1-2-5-11(6-3-1)13-9-8-12-7-4-10-15-14(12)16-13/h1-10H. The molecule has 0 N–H and O–H groups in total. The second-order valence-corrected chi connectivity index (χ2v) is 3.61. The third-order valence-electron chi connectivity index (χ3n) is 2.53. The molecule has 16 heavy (non-hydrogen) atoms. The van der Waals surface area contributed by atoms with E-state index in [2.05, 4.69) is 28.2 Å². The maximum atomic E-state index is 4.53. The molecule has 0 saturated carbocycles. The highest BCUT2D eigenvalue weighted by molar-refractivity contribution is 5.77. The van der Waals surface area contributed by atoms with E-state index in [1.54, 1.807) is 6.20 Å². The number of pyridine rings is 2. The molecular formula is C14H10N2. The highest BCUT2D eigenvalue weighted by atomic mass is 14.8. The molecule has 0 aliphatic carbocycles. The first-order valence-corrected chi connectivity index (χ1v) is 5.21. The molecule has 0 saturated heterocycles. The summed E-state index contributed by atoms with van der Waals surface area (Å²) in [7, 11) is 0. The van der Waals surface area contributed by atoms with Gasteiger partial charge in [0.2, 0.25) is 0 Å². The van der Waals surface area contributed by atoms with Crippen molar-refractivity contribution in [3.05, 3.63) is 60.8 Å². The van der Waals surface area contributed by atoms with Crippen LogP contribution in [0, 0.1) is 0 Å². The molecule has 76 valence electrons. The molecule has 0 unspecified atom stereocenters. The van der Waals surface area contributed by atoms with Gasteiger partial charge in [0.1, 0.15) is 0 Å². The summed E-state index contributed by atoms with van der Waals surface area (Å²) in [6.07, 6.45) is 1.77. The van der Waals surface area contributed by atoms with Gasteiger partial charge in [0.25, 0.3) is 0 Å². The van der Waals surface area contributed by atoms with Crippen molar-refractivity contribution < 1.29 is 0 Å². The lowest BCUT2D eigenvalue weighted by molar-refractivity contribution is 1.29. The molecule has 0 aliphatic rings. The van der Waals surface area contributed by atoms with Crippen molar-refractivity contribution in [3.8, 4) is 11.3 Å². The van der Waals surface area contributed by atoms with Crippen LogP contribution in [0.15, 0.2) is 60.8 Å². The van der Waals surface area contributed by atoms with Crippen LogP contribution in [0.4, 0.5) is 0 Å². The first-order chi connectivity index (χ1) is 7.93. The van der Waals surface area contributed by atoms with Crippen molar-refractivity contribution in [2.45, 2.75) is 0 Å². The average molecular weight is 206 g/mol. The quantitative estimate of drug-likeness (QED) is 0.610. The van der Waals surface area contributed by atoms with Gasteiger partial charge in [0.15, 0.2) is 5.65 Å². The minimum Gasteiger partial charge on any atom is -0.237 e. The van der Waals surface area contributed by atoms with Crippen LogP contribution in [0.1, 0.15) is 0 Å². The fraction of sp³-hybridized carbons (Fsp3) is 0. The minimum atomic E-state index is 0.795. The molecule has 0 fully saturated rings. The summed E-state index contributed by atoms with van der Waals surface area (Å²) in [4.78, 5) is 8.79. The lowest BCUT2D eigenvalue weighted by Gasteiger charge is -2.01. The zero-order valence-electron chi connectivity index (χ0n) is 8.67. The van der Waals surface area contributed by atoms with Gasteiger partial charge in [-0.15, -0.1) is 0 Å². The Kier molecular flexibility index (Phi) is 2.11. The first kappa shape index (κ1) is 9.04. The molecule has 0 spiro atoms. The van der Waals surface area contributed by atoms with Crippen LogP contribution in [0.5, 0.6) is 0 Å². The van der Waals surface area contributed by atoms with Crippen molar-refractivity contribution in [1.29, 1.82) is 0 Å². The Morgan fingerprint density at radius 2 is 1.62 bits per heavy atom. The van der Waals surface area contributed by atoms with Crippen molar-refractivity contribution in [2.24, 2.45) is 0 Å². The molecule has 2 aromatic heterocycles. The molecule has 2 nitrogen and oxygen atoms in total. The summed E-state index contributed by atoms with van der Waals surface area (Å²) >= 11 is 0. The summed E-state index contributed by atoms with van der Waals surface area (Å²) in [5, 5.41) is 1.07. The van der Waals surface area contributed by atoms with Crippen LogP contribution in [-0.2, 0) is 0 Å². The van der Waals surface area contributed by atoms with E-state index >= 15 is 0 Å². The topological polar surface area (TPSA) is 25.8 Å². The molecule has 2 heterocycles. The predicted octanol–water partition coefficient (Wildman–Crippen LogP) is 3.30. The van der Waals surface area contributed by atoms with Crippen LogP contribution < -0.4 is 0 Å².